The molecule has 0 spiro atoms. The first-order chi connectivity index (χ1) is 9.65. The van der Waals surface area contributed by atoms with Crippen LogP contribution >= 0.6 is 24.8 Å². The Morgan fingerprint density at radius 3 is 2.23 bits per heavy atom. The fraction of sp³-hybridized carbons (Fsp3) is 0.467. The van der Waals surface area contributed by atoms with Gasteiger partial charge in [-0.25, -0.2) is 4.99 Å². The summed E-state index contributed by atoms with van der Waals surface area (Å²) in [6.07, 6.45) is 3.59. The number of nitrogens with zero attached hydrogens (tertiary/aromatic N) is 3. The number of hydrogen-bond donors (Lipinski definition) is 2. The molecule has 0 bridgehead atoms. The first-order valence-electron chi connectivity index (χ1n) is 7.10. The van der Waals surface area contributed by atoms with Gasteiger partial charge >= 0.3 is 0 Å². The van der Waals surface area contributed by atoms with Crippen molar-refractivity contribution >= 4 is 36.7 Å². The summed E-state index contributed by atoms with van der Waals surface area (Å²) in [5, 5.41) is 0. The summed E-state index contributed by atoms with van der Waals surface area (Å²) in [5.74, 6) is 0.725. The molecular weight excluding hydrogens is 321 g/mol. The van der Waals surface area contributed by atoms with E-state index in [-0.39, 0.29) is 30.8 Å². The predicted molar refractivity (Wildman–Crippen MR) is 98.0 cm³/mol. The molecule has 1 saturated heterocycles. The lowest BCUT2D eigenvalue weighted by atomic mass is 10.1. The summed E-state index contributed by atoms with van der Waals surface area (Å²) in [4.78, 5) is 10.5. The molecule has 2 rings (SSSR count). The van der Waals surface area contributed by atoms with Crippen molar-refractivity contribution < 1.29 is 0 Å². The van der Waals surface area contributed by atoms with Gasteiger partial charge in [0.25, 0.3) is 0 Å². The van der Waals surface area contributed by atoms with Crippen LogP contribution in [0.5, 0.6) is 0 Å². The maximum Gasteiger partial charge on any atom is 0.218 e. The molecule has 124 valence electrons. The maximum absolute atomic E-state index is 5.95. The Hall–Kier alpha value is -1.46. The van der Waals surface area contributed by atoms with Gasteiger partial charge < -0.3 is 16.4 Å². The van der Waals surface area contributed by atoms with Crippen LogP contribution in [0.1, 0.15) is 30.4 Å². The van der Waals surface area contributed by atoms with Gasteiger partial charge in [0, 0.05) is 13.1 Å². The number of guanidine groups is 2. The molecule has 4 N–H and O–H groups in total. The number of aryl methyl sites for hydroxylation is 1. The summed E-state index contributed by atoms with van der Waals surface area (Å²) in [6, 6.07) is 8.21. The van der Waals surface area contributed by atoms with Gasteiger partial charge in [-0.3, -0.25) is 0 Å². The van der Waals surface area contributed by atoms with Crippen molar-refractivity contribution in [3.63, 3.8) is 0 Å². The van der Waals surface area contributed by atoms with E-state index in [1.165, 1.54) is 12.0 Å². The number of halogens is 2. The number of nitrogens with two attached hydrogens (primary N) is 2. The highest BCUT2D eigenvalue weighted by atomic mass is 35.5. The third kappa shape index (κ3) is 6.54. The van der Waals surface area contributed by atoms with E-state index in [4.69, 9.17) is 11.5 Å². The minimum Gasteiger partial charge on any atom is -0.369 e. The fourth-order valence-corrected chi connectivity index (χ4v) is 2.21. The van der Waals surface area contributed by atoms with Crippen LogP contribution in [-0.4, -0.2) is 29.9 Å². The monoisotopic (exact) mass is 345 g/mol. The highest BCUT2D eigenvalue weighted by Gasteiger charge is 2.11. The normalized spacial score (nSPS) is 15.8. The molecule has 1 aromatic carbocycles. The van der Waals surface area contributed by atoms with Crippen LogP contribution in [0.2, 0.25) is 0 Å². The third-order valence-corrected chi connectivity index (χ3v) is 3.45. The molecule has 0 radical (unpaired) electrons. The van der Waals surface area contributed by atoms with E-state index < -0.39 is 0 Å². The Balaban J connectivity index is 0.00000220. The van der Waals surface area contributed by atoms with Gasteiger partial charge in [-0.1, -0.05) is 29.8 Å². The zero-order valence-corrected chi connectivity index (χ0v) is 14.5. The summed E-state index contributed by atoms with van der Waals surface area (Å²) < 4.78 is 0. The molecule has 7 heteroatoms. The van der Waals surface area contributed by atoms with Gasteiger partial charge in [0.05, 0.1) is 6.54 Å². The van der Waals surface area contributed by atoms with Gasteiger partial charge in [0.1, 0.15) is 0 Å². The van der Waals surface area contributed by atoms with E-state index in [9.17, 15) is 0 Å². The standard InChI is InChI=1S/C15H23N5.2ClH/c1-12-5-7-13(8-6-12)11-18-14(16)19-15(17)20-9-3-2-4-10-20;;/h5-8H,2-4,9-11H2,1H3,(H4,16,17,18,19);2*1H. The molecule has 1 aliphatic rings. The first kappa shape index (κ1) is 20.5. The average molecular weight is 346 g/mol. The molecule has 0 atom stereocenters. The molecule has 0 aromatic heterocycles. The Morgan fingerprint density at radius 1 is 1.05 bits per heavy atom. The smallest absolute Gasteiger partial charge is 0.218 e. The number of hydrogen-bond acceptors (Lipinski definition) is 1. The minimum absolute atomic E-state index is 0. The second-order valence-electron chi connectivity index (χ2n) is 5.18. The first-order valence-corrected chi connectivity index (χ1v) is 7.10. The second kappa shape index (κ2) is 10.3. The summed E-state index contributed by atoms with van der Waals surface area (Å²) in [7, 11) is 0. The fourth-order valence-electron chi connectivity index (χ4n) is 2.21. The van der Waals surface area contributed by atoms with Crippen molar-refractivity contribution in [2.24, 2.45) is 21.5 Å². The third-order valence-electron chi connectivity index (χ3n) is 3.45. The van der Waals surface area contributed by atoms with E-state index in [0.717, 1.165) is 31.5 Å². The van der Waals surface area contributed by atoms with Gasteiger partial charge in [-0.15, -0.1) is 24.8 Å². The Bertz CT molecular complexity index is 493. The van der Waals surface area contributed by atoms with Crippen molar-refractivity contribution in [3.8, 4) is 0 Å². The zero-order valence-electron chi connectivity index (χ0n) is 12.9. The van der Waals surface area contributed by atoms with Gasteiger partial charge in [0.15, 0.2) is 5.96 Å². The quantitative estimate of drug-likeness (QED) is 0.638. The zero-order chi connectivity index (χ0) is 14.4. The van der Waals surface area contributed by atoms with Crippen LogP contribution in [0.3, 0.4) is 0 Å². The van der Waals surface area contributed by atoms with Crippen LogP contribution in [0.25, 0.3) is 0 Å². The highest BCUT2D eigenvalue weighted by Crippen LogP contribution is 2.08. The van der Waals surface area contributed by atoms with Crippen molar-refractivity contribution in [3.05, 3.63) is 35.4 Å². The lowest BCUT2D eigenvalue weighted by molar-refractivity contribution is 0.339. The summed E-state index contributed by atoms with van der Waals surface area (Å²) in [6.45, 7) is 4.51. The lowest BCUT2D eigenvalue weighted by Gasteiger charge is -2.27. The molecule has 1 fully saturated rings. The van der Waals surface area contributed by atoms with Crippen molar-refractivity contribution in [1.82, 2.24) is 4.90 Å². The highest BCUT2D eigenvalue weighted by molar-refractivity contribution is 5.93. The topological polar surface area (TPSA) is 80.0 Å². The number of benzene rings is 1. The van der Waals surface area contributed by atoms with Gasteiger partial charge in [0.2, 0.25) is 5.96 Å². The van der Waals surface area contributed by atoms with Crippen LogP contribution in [0.4, 0.5) is 0 Å². The van der Waals surface area contributed by atoms with Crippen molar-refractivity contribution in [2.75, 3.05) is 13.1 Å². The van der Waals surface area contributed by atoms with E-state index >= 15 is 0 Å². The van der Waals surface area contributed by atoms with Crippen LogP contribution in [0.15, 0.2) is 34.3 Å². The van der Waals surface area contributed by atoms with Crippen LogP contribution in [-0.2, 0) is 6.54 Å². The maximum atomic E-state index is 5.95. The molecule has 5 nitrogen and oxygen atoms in total. The SMILES string of the molecule is Cc1ccc(CN=C(N)/N=C(/N)N2CCCCC2)cc1.Cl.Cl. The van der Waals surface area contributed by atoms with Gasteiger partial charge in [-0.2, -0.15) is 4.99 Å². The Morgan fingerprint density at radius 2 is 1.64 bits per heavy atom. The Labute approximate surface area is 144 Å². The molecule has 0 aliphatic carbocycles. The molecule has 22 heavy (non-hydrogen) atoms. The van der Waals surface area contributed by atoms with E-state index in [1.54, 1.807) is 0 Å². The average Bonchev–Trinajstić information content (AvgIpc) is 2.47. The summed E-state index contributed by atoms with van der Waals surface area (Å²) in [5.41, 5.74) is 14.1. The Kier molecular flexibility index (Phi) is 9.61. The molecule has 1 aromatic rings. The number of aliphatic imine (C=N–C) groups is 2. The molecule has 1 aliphatic heterocycles. The molecule has 0 saturated carbocycles. The largest absolute Gasteiger partial charge is 0.369 e. The van der Waals surface area contributed by atoms with E-state index in [0.29, 0.717) is 12.5 Å². The number of likely N-dealkylation sites (tertiary alicyclic amines) is 1. The van der Waals surface area contributed by atoms with Crippen LogP contribution < -0.4 is 11.5 Å². The number of rotatable bonds is 2. The van der Waals surface area contributed by atoms with Gasteiger partial charge in [-0.05, 0) is 31.7 Å². The van der Waals surface area contributed by atoms with Crippen LogP contribution in [0, 0.1) is 6.92 Å². The molecular formula is C15H25Cl2N5. The minimum atomic E-state index is 0. The van der Waals surface area contributed by atoms with Crippen molar-refractivity contribution in [1.29, 1.82) is 0 Å². The molecule has 1 heterocycles. The second-order valence-corrected chi connectivity index (χ2v) is 5.18. The lowest BCUT2D eigenvalue weighted by Crippen LogP contribution is -2.41. The molecule has 0 amide bonds. The molecule has 0 unspecified atom stereocenters. The summed E-state index contributed by atoms with van der Waals surface area (Å²) >= 11 is 0. The van der Waals surface area contributed by atoms with E-state index in [1.807, 2.05) is 12.1 Å². The van der Waals surface area contributed by atoms with E-state index in [2.05, 4.69) is 33.9 Å². The van der Waals surface area contributed by atoms with Crippen molar-refractivity contribution in [2.45, 2.75) is 32.7 Å². The predicted octanol–water partition coefficient (Wildman–Crippen LogP) is 2.45. The number of piperidine rings is 1.